The van der Waals surface area contributed by atoms with Crippen LogP contribution in [0.1, 0.15) is 11.1 Å². The molecule has 28 heavy (non-hydrogen) atoms. The van der Waals surface area contributed by atoms with Gasteiger partial charge in [0.05, 0.1) is 4.90 Å². The Balaban J connectivity index is 1.94. The van der Waals surface area contributed by atoms with Gasteiger partial charge in [0.2, 0.25) is 10.0 Å². The molecule has 152 valence electrons. The van der Waals surface area contributed by atoms with Crippen molar-refractivity contribution in [2.75, 3.05) is 14.1 Å². The number of alkyl halides is 2. The number of benzene rings is 2. The third kappa shape index (κ3) is 6.17. The molecule has 7 nitrogen and oxygen atoms in total. The van der Waals surface area contributed by atoms with Crippen molar-refractivity contribution in [1.82, 2.24) is 15.4 Å². The van der Waals surface area contributed by atoms with Crippen LogP contribution in [0.2, 0.25) is 0 Å². The van der Waals surface area contributed by atoms with Crippen LogP contribution >= 0.6 is 0 Å². The highest BCUT2D eigenvalue weighted by atomic mass is 32.2. The summed E-state index contributed by atoms with van der Waals surface area (Å²) >= 11 is 0. The topological polar surface area (TPSA) is 91.8 Å². The van der Waals surface area contributed by atoms with Gasteiger partial charge in [-0.2, -0.15) is 8.78 Å². The molecule has 0 aromatic heterocycles. The summed E-state index contributed by atoms with van der Waals surface area (Å²) in [5, 5.41) is 6.10. The minimum Gasteiger partial charge on any atom is -0.434 e. The Morgan fingerprint density at radius 2 is 1.71 bits per heavy atom. The molecule has 2 aromatic carbocycles. The Labute approximate surface area is 162 Å². The number of aliphatic imine (C=N–C) groups is 1. The average Bonchev–Trinajstić information content (AvgIpc) is 2.69. The molecule has 0 aliphatic carbocycles. The number of rotatable bonds is 8. The lowest BCUT2D eigenvalue weighted by molar-refractivity contribution is -0.0504. The van der Waals surface area contributed by atoms with Gasteiger partial charge >= 0.3 is 6.61 Å². The van der Waals surface area contributed by atoms with Crippen LogP contribution < -0.4 is 20.1 Å². The lowest BCUT2D eigenvalue weighted by atomic mass is 10.2. The van der Waals surface area contributed by atoms with Crippen molar-refractivity contribution in [1.29, 1.82) is 0 Å². The van der Waals surface area contributed by atoms with E-state index >= 15 is 0 Å². The van der Waals surface area contributed by atoms with Gasteiger partial charge in [0.1, 0.15) is 5.75 Å². The van der Waals surface area contributed by atoms with Gasteiger partial charge in [-0.05, 0) is 30.8 Å². The van der Waals surface area contributed by atoms with Crippen molar-refractivity contribution in [2.45, 2.75) is 24.6 Å². The van der Waals surface area contributed by atoms with Crippen molar-refractivity contribution in [3.05, 3.63) is 59.7 Å². The van der Waals surface area contributed by atoms with Gasteiger partial charge in [0.15, 0.2) is 5.96 Å². The van der Waals surface area contributed by atoms with Crippen LogP contribution in [0.25, 0.3) is 0 Å². The standard InChI is InChI=1S/C18H22F2N4O3S/c1-21-18(24-12-14-5-3-4-6-16(14)27-17(19)20)23-11-13-7-9-15(10-8-13)28(25,26)22-2/h3-10,17,22H,11-12H2,1-2H3,(H2,21,23,24). The van der Waals surface area contributed by atoms with E-state index < -0.39 is 16.6 Å². The first-order valence-electron chi connectivity index (χ1n) is 8.35. The number of halogens is 2. The predicted molar refractivity (Wildman–Crippen MR) is 103 cm³/mol. The molecule has 0 unspecified atom stereocenters. The van der Waals surface area contributed by atoms with Crippen LogP contribution in [-0.4, -0.2) is 35.1 Å². The SMILES string of the molecule is CN=C(NCc1ccc(S(=O)(=O)NC)cc1)NCc1ccccc1OC(F)F. The zero-order valence-electron chi connectivity index (χ0n) is 15.4. The van der Waals surface area contributed by atoms with Crippen molar-refractivity contribution in [2.24, 2.45) is 4.99 Å². The molecule has 2 rings (SSSR count). The summed E-state index contributed by atoms with van der Waals surface area (Å²) in [5.41, 5.74) is 1.41. The molecule has 3 N–H and O–H groups in total. The van der Waals surface area contributed by atoms with Crippen LogP contribution in [0.5, 0.6) is 5.75 Å². The zero-order valence-corrected chi connectivity index (χ0v) is 16.3. The number of nitrogens with one attached hydrogen (secondary N) is 3. The highest BCUT2D eigenvalue weighted by Gasteiger charge is 2.11. The van der Waals surface area contributed by atoms with E-state index in [-0.39, 0.29) is 17.2 Å². The highest BCUT2D eigenvalue weighted by molar-refractivity contribution is 7.89. The normalized spacial score (nSPS) is 12.1. The van der Waals surface area contributed by atoms with Gasteiger partial charge in [-0.25, -0.2) is 13.1 Å². The van der Waals surface area contributed by atoms with Crippen LogP contribution in [0.3, 0.4) is 0 Å². The molecule has 0 aliphatic heterocycles. The molecule has 0 aliphatic rings. The van der Waals surface area contributed by atoms with E-state index in [1.54, 1.807) is 37.4 Å². The van der Waals surface area contributed by atoms with E-state index in [4.69, 9.17) is 0 Å². The van der Waals surface area contributed by atoms with E-state index in [1.165, 1.54) is 25.2 Å². The van der Waals surface area contributed by atoms with Gasteiger partial charge in [-0.15, -0.1) is 0 Å². The number of nitrogens with zero attached hydrogens (tertiary/aromatic N) is 1. The maximum Gasteiger partial charge on any atom is 0.387 e. The Morgan fingerprint density at radius 1 is 1.07 bits per heavy atom. The van der Waals surface area contributed by atoms with E-state index in [0.29, 0.717) is 18.1 Å². The van der Waals surface area contributed by atoms with Gasteiger partial charge in [0, 0.05) is 25.7 Å². The lowest BCUT2D eigenvalue weighted by Crippen LogP contribution is -2.36. The molecule has 2 aromatic rings. The number of para-hydroxylation sites is 1. The largest absolute Gasteiger partial charge is 0.434 e. The summed E-state index contributed by atoms with van der Waals surface area (Å²) in [6.07, 6.45) is 0. The number of guanidine groups is 1. The van der Waals surface area contributed by atoms with E-state index in [2.05, 4.69) is 25.1 Å². The first kappa shape index (κ1) is 21.6. The molecular weight excluding hydrogens is 390 g/mol. The second-order valence-corrected chi connectivity index (χ2v) is 7.50. The third-order valence-electron chi connectivity index (χ3n) is 3.82. The molecule has 0 saturated heterocycles. The van der Waals surface area contributed by atoms with Crippen LogP contribution in [0.15, 0.2) is 58.4 Å². The number of hydrogen-bond donors (Lipinski definition) is 3. The summed E-state index contributed by atoms with van der Waals surface area (Å²) < 4.78 is 55.2. The van der Waals surface area contributed by atoms with Crippen molar-refractivity contribution in [3.63, 3.8) is 0 Å². The minimum atomic E-state index is -3.47. The maximum atomic E-state index is 12.5. The van der Waals surface area contributed by atoms with Crippen molar-refractivity contribution < 1.29 is 21.9 Å². The average molecular weight is 412 g/mol. The monoisotopic (exact) mass is 412 g/mol. The molecular formula is C18H22F2N4O3S. The van der Waals surface area contributed by atoms with E-state index in [9.17, 15) is 17.2 Å². The fourth-order valence-electron chi connectivity index (χ4n) is 2.35. The smallest absolute Gasteiger partial charge is 0.387 e. The Kier molecular flexibility index (Phi) is 7.70. The van der Waals surface area contributed by atoms with Gasteiger partial charge < -0.3 is 15.4 Å². The highest BCUT2D eigenvalue weighted by Crippen LogP contribution is 2.19. The fraction of sp³-hybridized carbons (Fsp3) is 0.278. The second-order valence-electron chi connectivity index (χ2n) is 5.62. The van der Waals surface area contributed by atoms with Crippen LogP contribution in [0, 0.1) is 0 Å². The zero-order chi connectivity index (χ0) is 20.6. The fourth-order valence-corrected chi connectivity index (χ4v) is 3.08. The summed E-state index contributed by atoms with van der Waals surface area (Å²) in [6, 6.07) is 12.9. The van der Waals surface area contributed by atoms with E-state index in [0.717, 1.165) is 5.56 Å². The van der Waals surface area contributed by atoms with Crippen molar-refractivity contribution in [3.8, 4) is 5.75 Å². The van der Waals surface area contributed by atoms with Gasteiger partial charge in [0.25, 0.3) is 0 Å². The Bertz CT molecular complexity index is 903. The molecule has 0 heterocycles. The van der Waals surface area contributed by atoms with Gasteiger partial charge in [-0.1, -0.05) is 30.3 Å². The molecule has 10 heteroatoms. The number of sulfonamides is 1. The van der Waals surface area contributed by atoms with Crippen molar-refractivity contribution >= 4 is 16.0 Å². The van der Waals surface area contributed by atoms with E-state index in [1.807, 2.05) is 0 Å². The molecule has 0 amide bonds. The molecule has 0 radical (unpaired) electrons. The molecule has 0 fully saturated rings. The molecule has 0 bridgehead atoms. The Morgan fingerprint density at radius 3 is 2.32 bits per heavy atom. The summed E-state index contributed by atoms with van der Waals surface area (Å²) in [7, 11) is -0.540. The second kappa shape index (κ2) is 10.00. The molecule has 0 spiro atoms. The molecule has 0 atom stereocenters. The lowest BCUT2D eigenvalue weighted by Gasteiger charge is -2.14. The number of hydrogen-bond acceptors (Lipinski definition) is 4. The van der Waals surface area contributed by atoms with Gasteiger partial charge in [-0.3, -0.25) is 4.99 Å². The Hall–Kier alpha value is -2.72. The minimum absolute atomic E-state index is 0.0989. The molecule has 0 saturated carbocycles. The quantitative estimate of drug-likeness (QED) is 0.456. The van der Waals surface area contributed by atoms with Crippen LogP contribution in [-0.2, 0) is 23.1 Å². The maximum absolute atomic E-state index is 12.5. The summed E-state index contributed by atoms with van der Waals surface area (Å²) in [5.74, 6) is 0.556. The number of ether oxygens (including phenoxy) is 1. The first-order chi connectivity index (χ1) is 13.4. The predicted octanol–water partition coefficient (Wildman–Crippen LogP) is 2.06. The third-order valence-corrected chi connectivity index (χ3v) is 5.25. The van der Waals surface area contributed by atoms with Crippen LogP contribution in [0.4, 0.5) is 8.78 Å². The summed E-state index contributed by atoms with van der Waals surface area (Å²) in [4.78, 5) is 4.26. The first-order valence-corrected chi connectivity index (χ1v) is 9.83. The summed E-state index contributed by atoms with van der Waals surface area (Å²) in [6.45, 7) is -2.26.